The lowest BCUT2D eigenvalue weighted by Gasteiger charge is -2.26. The zero-order chi connectivity index (χ0) is 25.2. The van der Waals surface area contributed by atoms with Gasteiger partial charge < -0.3 is 14.5 Å². The van der Waals surface area contributed by atoms with E-state index in [0.717, 1.165) is 19.3 Å². The molecule has 1 saturated heterocycles. The monoisotopic (exact) mass is 490 g/mol. The topological polar surface area (TPSA) is 123 Å². The van der Waals surface area contributed by atoms with E-state index in [0.29, 0.717) is 29.9 Å². The second-order valence-electron chi connectivity index (χ2n) is 8.47. The largest absolute Gasteiger partial charge is 0.465 e. The number of rotatable bonds is 7. The summed E-state index contributed by atoms with van der Waals surface area (Å²) in [5, 5.41) is 0. The van der Waals surface area contributed by atoms with Gasteiger partial charge in [0.1, 0.15) is 0 Å². The number of esters is 2. The number of ether oxygens (including phenoxy) is 2. The van der Waals surface area contributed by atoms with Gasteiger partial charge in [-0.05, 0) is 63.8 Å². The number of nitrogens with zero attached hydrogens (tertiary/aromatic N) is 1. The first kappa shape index (κ1) is 25.6. The molecule has 1 aromatic heterocycles. The van der Waals surface area contributed by atoms with Crippen LogP contribution in [0.15, 0.2) is 23.1 Å². The van der Waals surface area contributed by atoms with Gasteiger partial charge in [-0.15, -0.1) is 0 Å². The molecule has 0 saturated carbocycles. The van der Waals surface area contributed by atoms with Crippen molar-refractivity contribution < 1.29 is 32.3 Å². The summed E-state index contributed by atoms with van der Waals surface area (Å²) in [5.41, 5.74) is 1.89. The van der Waals surface area contributed by atoms with Gasteiger partial charge in [-0.2, -0.15) is 4.31 Å². The Hall–Kier alpha value is -2.98. The lowest BCUT2D eigenvalue weighted by atomic mass is 10.1. The number of benzene rings is 1. The van der Waals surface area contributed by atoms with E-state index >= 15 is 0 Å². The number of aryl methyl sites for hydroxylation is 2. The number of nitrogens with one attached hydrogen (secondary N) is 1. The molecular weight excluding hydrogens is 460 g/mol. The first-order valence-electron chi connectivity index (χ1n) is 11.1. The third-order valence-corrected chi connectivity index (χ3v) is 8.00. The van der Waals surface area contributed by atoms with Crippen LogP contribution < -0.4 is 0 Å². The van der Waals surface area contributed by atoms with Crippen molar-refractivity contribution in [3.63, 3.8) is 0 Å². The van der Waals surface area contributed by atoms with Crippen LogP contribution in [0.3, 0.4) is 0 Å². The summed E-state index contributed by atoms with van der Waals surface area (Å²) in [5.74, 6) is -1.89. The minimum Gasteiger partial charge on any atom is -0.465 e. The molecule has 0 radical (unpaired) electrons. The number of aromatic amines is 1. The zero-order valence-corrected chi connectivity index (χ0v) is 20.9. The standard InChI is InChI=1S/C24H30N2O7S/c1-14-9-10-18(34(30,31)26-11-7-6-8-12-26)13-19(14)23(28)33-17(4)22(27)21-15(2)20(16(3)25-21)24(29)32-5/h9-10,13,17,25H,6-8,11-12H2,1-5H3. The Kier molecular flexibility index (Phi) is 7.62. The lowest BCUT2D eigenvalue weighted by Crippen LogP contribution is -2.35. The van der Waals surface area contributed by atoms with Crippen LogP contribution in [0.2, 0.25) is 0 Å². The maximum Gasteiger partial charge on any atom is 0.339 e. The van der Waals surface area contributed by atoms with Crippen molar-refractivity contribution in [3.05, 3.63) is 51.8 Å². The number of carbonyl (C=O) groups excluding carboxylic acids is 3. The fourth-order valence-corrected chi connectivity index (χ4v) is 5.67. The van der Waals surface area contributed by atoms with Crippen LogP contribution in [0.5, 0.6) is 0 Å². The quantitative estimate of drug-likeness (QED) is 0.466. The molecule has 0 amide bonds. The van der Waals surface area contributed by atoms with Crippen molar-refractivity contribution in [3.8, 4) is 0 Å². The van der Waals surface area contributed by atoms with Crippen LogP contribution in [-0.2, 0) is 19.5 Å². The maximum absolute atomic E-state index is 13.0. The highest BCUT2D eigenvalue weighted by molar-refractivity contribution is 7.89. The SMILES string of the molecule is COC(=O)c1c(C)[nH]c(C(=O)C(C)OC(=O)c2cc(S(=O)(=O)N3CCCCC3)ccc2C)c1C. The summed E-state index contributed by atoms with van der Waals surface area (Å²) in [7, 11) is -2.48. The van der Waals surface area contributed by atoms with Crippen molar-refractivity contribution in [2.75, 3.05) is 20.2 Å². The molecule has 1 aliphatic rings. The smallest absolute Gasteiger partial charge is 0.339 e. The Balaban J connectivity index is 1.82. The van der Waals surface area contributed by atoms with Gasteiger partial charge in [-0.25, -0.2) is 18.0 Å². The van der Waals surface area contributed by atoms with Crippen LogP contribution in [0.25, 0.3) is 0 Å². The number of methoxy groups -OCH3 is 1. The van der Waals surface area contributed by atoms with Crippen molar-refractivity contribution in [2.24, 2.45) is 0 Å². The number of H-pyrrole nitrogens is 1. The molecule has 0 bridgehead atoms. The van der Waals surface area contributed by atoms with Gasteiger partial charge in [0.25, 0.3) is 0 Å². The average molecular weight is 491 g/mol. The molecule has 10 heteroatoms. The Morgan fingerprint density at radius 2 is 1.68 bits per heavy atom. The molecule has 1 atom stereocenters. The molecule has 2 aromatic rings. The second-order valence-corrected chi connectivity index (χ2v) is 10.4. The molecule has 0 spiro atoms. The number of sulfonamides is 1. The van der Waals surface area contributed by atoms with Crippen LogP contribution in [0, 0.1) is 20.8 Å². The predicted molar refractivity (Wildman–Crippen MR) is 125 cm³/mol. The fourth-order valence-electron chi connectivity index (χ4n) is 4.12. The Morgan fingerprint density at radius 1 is 1.03 bits per heavy atom. The van der Waals surface area contributed by atoms with Crippen LogP contribution in [-0.4, -0.2) is 61.7 Å². The molecule has 1 fully saturated rings. The molecule has 184 valence electrons. The number of carbonyl (C=O) groups is 3. The Bertz CT molecular complexity index is 1220. The first-order valence-corrected chi connectivity index (χ1v) is 12.6. The summed E-state index contributed by atoms with van der Waals surface area (Å²) in [6.07, 6.45) is 1.42. The molecular formula is C24H30N2O7S. The molecule has 1 aliphatic heterocycles. The Morgan fingerprint density at radius 3 is 2.29 bits per heavy atom. The summed E-state index contributed by atoms with van der Waals surface area (Å²) >= 11 is 0. The third kappa shape index (κ3) is 4.92. The number of ketones is 1. The average Bonchev–Trinajstić information content (AvgIpc) is 3.12. The number of piperidine rings is 1. The normalized spacial score (nSPS) is 15.6. The molecule has 0 aliphatic carbocycles. The van der Waals surface area contributed by atoms with E-state index in [9.17, 15) is 22.8 Å². The highest BCUT2D eigenvalue weighted by Gasteiger charge is 2.30. The number of Topliss-reactive ketones (excluding diaryl/α,β-unsaturated/α-hetero) is 1. The van der Waals surface area contributed by atoms with Crippen LogP contribution in [0.4, 0.5) is 0 Å². The van der Waals surface area contributed by atoms with Gasteiger partial charge in [0.2, 0.25) is 15.8 Å². The van der Waals surface area contributed by atoms with Gasteiger partial charge in [-0.3, -0.25) is 4.79 Å². The van der Waals surface area contributed by atoms with E-state index in [1.165, 1.54) is 30.5 Å². The molecule has 1 N–H and O–H groups in total. The third-order valence-electron chi connectivity index (χ3n) is 6.11. The van der Waals surface area contributed by atoms with Crippen molar-refractivity contribution in [1.82, 2.24) is 9.29 Å². The maximum atomic E-state index is 13.0. The van der Waals surface area contributed by atoms with Crippen molar-refractivity contribution in [2.45, 2.75) is 58.0 Å². The number of hydrogen-bond donors (Lipinski definition) is 1. The summed E-state index contributed by atoms with van der Waals surface area (Å²) in [6, 6.07) is 4.34. The number of hydrogen-bond acceptors (Lipinski definition) is 7. The zero-order valence-electron chi connectivity index (χ0n) is 20.1. The molecule has 34 heavy (non-hydrogen) atoms. The van der Waals surface area contributed by atoms with Gasteiger partial charge in [0, 0.05) is 18.8 Å². The number of aromatic nitrogens is 1. The first-order chi connectivity index (χ1) is 16.0. The predicted octanol–water partition coefficient (Wildman–Crippen LogP) is 3.33. The minimum atomic E-state index is -3.73. The van der Waals surface area contributed by atoms with Crippen molar-refractivity contribution in [1.29, 1.82) is 0 Å². The van der Waals surface area contributed by atoms with Gasteiger partial charge >= 0.3 is 11.9 Å². The summed E-state index contributed by atoms with van der Waals surface area (Å²) in [6.45, 7) is 7.24. The van der Waals surface area contributed by atoms with Crippen molar-refractivity contribution >= 4 is 27.7 Å². The van der Waals surface area contributed by atoms with E-state index < -0.39 is 33.8 Å². The van der Waals surface area contributed by atoms with Crippen LogP contribution in [0.1, 0.15) is 74.2 Å². The van der Waals surface area contributed by atoms with E-state index in [1.54, 1.807) is 26.8 Å². The summed E-state index contributed by atoms with van der Waals surface area (Å²) < 4.78 is 37.6. The Labute approximate surface area is 199 Å². The van der Waals surface area contributed by atoms with Gasteiger partial charge in [0.05, 0.1) is 28.8 Å². The van der Waals surface area contributed by atoms with E-state index in [-0.39, 0.29) is 21.7 Å². The van der Waals surface area contributed by atoms with Gasteiger partial charge in [-0.1, -0.05) is 12.5 Å². The molecule has 2 heterocycles. The minimum absolute atomic E-state index is 0.0180. The molecule has 9 nitrogen and oxygen atoms in total. The van der Waals surface area contributed by atoms with E-state index in [4.69, 9.17) is 9.47 Å². The van der Waals surface area contributed by atoms with Crippen LogP contribution >= 0.6 is 0 Å². The highest BCUT2D eigenvalue weighted by Crippen LogP contribution is 2.25. The fraction of sp³-hybridized carbons (Fsp3) is 0.458. The molecule has 1 aromatic carbocycles. The van der Waals surface area contributed by atoms with E-state index in [1.807, 2.05) is 0 Å². The lowest BCUT2D eigenvalue weighted by molar-refractivity contribution is 0.0315. The highest BCUT2D eigenvalue weighted by atomic mass is 32.2. The summed E-state index contributed by atoms with van der Waals surface area (Å²) in [4.78, 5) is 40.8. The molecule has 1 unspecified atom stereocenters. The molecule has 3 rings (SSSR count). The van der Waals surface area contributed by atoms with E-state index in [2.05, 4.69) is 4.98 Å². The van der Waals surface area contributed by atoms with Gasteiger partial charge in [0.15, 0.2) is 6.10 Å². The second kappa shape index (κ2) is 10.1.